The van der Waals surface area contributed by atoms with E-state index in [1.54, 1.807) is 14.0 Å². The highest BCUT2D eigenvalue weighted by Gasteiger charge is 2.37. The van der Waals surface area contributed by atoms with Crippen LogP contribution in [-0.2, 0) is 22.3 Å². The van der Waals surface area contributed by atoms with E-state index in [1.165, 1.54) is 17.0 Å². The number of halogens is 3. The number of likely N-dealkylation sites (N-methyl/N-ethyl adjacent to an activating group) is 2. The fourth-order valence-electron chi connectivity index (χ4n) is 3.72. The van der Waals surface area contributed by atoms with E-state index in [0.29, 0.717) is 17.8 Å². The van der Waals surface area contributed by atoms with Crippen LogP contribution in [0.25, 0.3) is 0 Å². The van der Waals surface area contributed by atoms with E-state index in [0.717, 1.165) is 17.7 Å². The van der Waals surface area contributed by atoms with Crippen LogP contribution in [0, 0.1) is 0 Å². The van der Waals surface area contributed by atoms with Gasteiger partial charge in [0.25, 0.3) is 0 Å². The molecule has 0 unspecified atom stereocenters. The first-order valence-corrected chi connectivity index (χ1v) is 10.5. The third kappa shape index (κ3) is 5.73. The van der Waals surface area contributed by atoms with E-state index in [1.807, 2.05) is 42.3 Å². The maximum absolute atomic E-state index is 13.0. The highest BCUT2D eigenvalue weighted by molar-refractivity contribution is 5.95. The van der Waals surface area contributed by atoms with Gasteiger partial charge in [0.1, 0.15) is 0 Å². The van der Waals surface area contributed by atoms with Crippen LogP contribution < -0.4 is 5.32 Å². The van der Waals surface area contributed by atoms with Gasteiger partial charge in [0.2, 0.25) is 0 Å². The van der Waals surface area contributed by atoms with Gasteiger partial charge in [-0.05, 0) is 37.2 Å². The molecule has 0 radical (unpaired) electrons. The fourth-order valence-corrected chi connectivity index (χ4v) is 3.72. The van der Waals surface area contributed by atoms with Crippen LogP contribution in [0.15, 0.2) is 65.9 Å². The third-order valence-corrected chi connectivity index (χ3v) is 5.36. The summed E-state index contributed by atoms with van der Waals surface area (Å²) in [5.41, 5.74) is 1.23. The quantitative estimate of drug-likeness (QED) is 0.623. The van der Waals surface area contributed by atoms with Crippen molar-refractivity contribution >= 4 is 12.0 Å². The Morgan fingerprint density at radius 1 is 1.09 bits per heavy atom. The number of alkyl halides is 3. The smallest absolute Gasteiger partial charge is 0.416 e. The molecular weight excluding hydrogens is 435 g/mol. The molecule has 1 aliphatic heterocycles. The molecule has 1 atom stereocenters. The fraction of sp³-hybridized carbons (Fsp3) is 0.333. The monoisotopic (exact) mass is 461 g/mol. The van der Waals surface area contributed by atoms with Crippen molar-refractivity contribution in [2.24, 2.45) is 0 Å². The number of rotatable bonds is 7. The number of esters is 1. The summed E-state index contributed by atoms with van der Waals surface area (Å²) in [4.78, 5) is 29.0. The highest BCUT2D eigenvalue weighted by Crippen LogP contribution is 2.34. The van der Waals surface area contributed by atoms with Crippen molar-refractivity contribution in [2.45, 2.75) is 25.7 Å². The molecule has 0 fully saturated rings. The first-order chi connectivity index (χ1) is 15.6. The van der Waals surface area contributed by atoms with E-state index in [4.69, 9.17) is 4.74 Å². The van der Waals surface area contributed by atoms with Gasteiger partial charge in [-0.2, -0.15) is 13.2 Å². The van der Waals surface area contributed by atoms with Crippen molar-refractivity contribution in [1.29, 1.82) is 0 Å². The number of amides is 2. The minimum Gasteiger partial charge on any atom is -0.463 e. The normalized spacial score (nSPS) is 16.8. The molecule has 0 bridgehead atoms. The van der Waals surface area contributed by atoms with Gasteiger partial charge in [-0.25, -0.2) is 9.59 Å². The van der Waals surface area contributed by atoms with Gasteiger partial charge in [-0.3, -0.25) is 9.80 Å². The Kier molecular flexibility index (Phi) is 7.43. The van der Waals surface area contributed by atoms with E-state index in [2.05, 4.69) is 5.32 Å². The SMILES string of the molecule is CCOC(=O)C1=C(CN(C)Cc2ccccc2)N(C)C(=O)N[C@H]1c1ccc(C(F)(F)F)cc1. The number of ether oxygens (including phenoxy) is 1. The lowest BCUT2D eigenvalue weighted by Crippen LogP contribution is -2.49. The number of hydrogen-bond donors (Lipinski definition) is 1. The Bertz CT molecular complexity index is 1020. The lowest BCUT2D eigenvalue weighted by Gasteiger charge is -2.36. The molecule has 176 valence electrons. The first-order valence-electron chi connectivity index (χ1n) is 10.5. The predicted octanol–water partition coefficient (Wildman–Crippen LogP) is 4.35. The Morgan fingerprint density at radius 2 is 1.73 bits per heavy atom. The van der Waals surface area contributed by atoms with E-state index < -0.39 is 29.8 Å². The molecule has 9 heteroatoms. The summed E-state index contributed by atoms with van der Waals surface area (Å²) in [6.45, 7) is 2.61. The van der Waals surface area contributed by atoms with Gasteiger partial charge in [-0.15, -0.1) is 0 Å². The molecule has 33 heavy (non-hydrogen) atoms. The van der Waals surface area contributed by atoms with Gasteiger partial charge in [0.15, 0.2) is 0 Å². The van der Waals surface area contributed by atoms with Crippen molar-refractivity contribution in [3.05, 3.63) is 82.6 Å². The van der Waals surface area contributed by atoms with Crippen molar-refractivity contribution in [3.63, 3.8) is 0 Å². The molecule has 0 saturated heterocycles. The first kappa shape index (κ1) is 24.3. The Morgan fingerprint density at radius 3 is 2.30 bits per heavy atom. The van der Waals surface area contributed by atoms with Crippen LogP contribution in [0.5, 0.6) is 0 Å². The summed E-state index contributed by atoms with van der Waals surface area (Å²) >= 11 is 0. The second-order valence-electron chi connectivity index (χ2n) is 7.80. The second kappa shape index (κ2) is 10.1. The summed E-state index contributed by atoms with van der Waals surface area (Å²) in [6.07, 6.45) is -4.49. The number of benzene rings is 2. The molecule has 0 spiro atoms. The molecule has 1 aliphatic rings. The zero-order valence-electron chi connectivity index (χ0n) is 18.6. The summed E-state index contributed by atoms with van der Waals surface area (Å²) in [7, 11) is 3.40. The molecule has 6 nitrogen and oxygen atoms in total. The second-order valence-corrected chi connectivity index (χ2v) is 7.80. The third-order valence-electron chi connectivity index (χ3n) is 5.36. The average Bonchev–Trinajstić information content (AvgIpc) is 2.77. The number of nitrogens with one attached hydrogen (secondary N) is 1. The van der Waals surface area contributed by atoms with Gasteiger partial charge in [0.05, 0.1) is 23.8 Å². The van der Waals surface area contributed by atoms with Crippen LogP contribution in [0.1, 0.15) is 29.7 Å². The van der Waals surface area contributed by atoms with Crippen molar-refractivity contribution in [3.8, 4) is 0 Å². The molecule has 0 aliphatic carbocycles. The number of nitrogens with zero attached hydrogens (tertiary/aromatic N) is 2. The Balaban J connectivity index is 2.00. The van der Waals surface area contributed by atoms with Crippen molar-refractivity contribution in [1.82, 2.24) is 15.1 Å². The number of carbonyl (C=O) groups is 2. The van der Waals surface area contributed by atoms with Crippen LogP contribution in [0.2, 0.25) is 0 Å². The molecule has 2 aromatic carbocycles. The largest absolute Gasteiger partial charge is 0.463 e. The molecule has 1 heterocycles. The lowest BCUT2D eigenvalue weighted by atomic mass is 9.93. The predicted molar refractivity (Wildman–Crippen MR) is 117 cm³/mol. The standard InChI is InChI=1S/C24H26F3N3O3/c1-4-33-22(31)20-19(15-29(2)14-16-8-6-5-7-9-16)30(3)23(32)28-21(20)17-10-12-18(13-11-17)24(25,26)27/h5-13,21H,4,14-15H2,1-3H3,(H,28,32)/t21-/m0/s1. The van der Waals surface area contributed by atoms with Crippen LogP contribution in [0.3, 0.4) is 0 Å². The highest BCUT2D eigenvalue weighted by atomic mass is 19.4. The van der Waals surface area contributed by atoms with Crippen molar-refractivity contribution < 1.29 is 27.5 Å². The minimum absolute atomic E-state index is 0.118. The zero-order chi connectivity index (χ0) is 24.2. The van der Waals surface area contributed by atoms with Gasteiger partial charge in [-0.1, -0.05) is 42.5 Å². The number of urea groups is 1. The Hall–Kier alpha value is -3.33. The number of carbonyl (C=O) groups excluding carboxylic acids is 2. The van der Waals surface area contributed by atoms with Gasteiger partial charge < -0.3 is 10.1 Å². The summed E-state index contributed by atoms with van der Waals surface area (Å²) in [6, 6.07) is 12.7. The molecule has 2 aromatic rings. The topological polar surface area (TPSA) is 61.9 Å². The molecular formula is C24H26F3N3O3. The zero-order valence-corrected chi connectivity index (χ0v) is 18.6. The van der Waals surface area contributed by atoms with E-state index in [-0.39, 0.29) is 18.7 Å². The van der Waals surface area contributed by atoms with Gasteiger partial charge in [0, 0.05) is 25.8 Å². The van der Waals surface area contributed by atoms with Crippen LogP contribution in [-0.4, -0.2) is 49.0 Å². The Labute approximate surface area is 190 Å². The maximum Gasteiger partial charge on any atom is 0.416 e. The average molecular weight is 461 g/mol. The maximum atomic E-state index is 13.0. The van der Waals surface area contributed by atoms with Crippen LogP contribution in [0.4, 0.5) is 18.0 Å². The van der Waals surface area contributed by atoms with Gasteiger partial charge >= 0.3 is 18.2 Å². The molecule has 1 N–H and O–H groups in total. The molecule has 0 saturated carbocycles. The van der Waals surface area contributed by atoms with Crippen molar-refractivity contribution in [2.75, 3.05) is 27.2 Å². The summed E-state index contributed by atoms with van der Waals surface area (Å²) < 4.78 is 44.2. The number of hydrogen-bond acceptors (Lipinski definition) is 4. The molecule has 2 amide bonds. The van der Waals surface area contributed by atoms with Crippen LogP contribution >= 0.6 is 0 Å². The molecule has 3 rings (SSSR count). The summed E-state index contributed by atoms with van der Waals surface area (Å²) in [5, 5.41) is 2.71. The lowest BCUT2D eigenvalue weighted by molar-refractivity contribution is -0.139. The van der Waals surface area contributed by atoms with E-state index in [9.17, 15) is 22.8 Å². The summed E-state index contributed by atoms with van der Waals surface area (Å²) in [5.74, 6) is -0.627. The minimum atomic E-state index is -4.49. The van der Waals surface area contributed by atoms with E-state index >= 15 is 0 Å². The molecule has 0 aromatic heterocycles.